The van der Waals surface area contributed by atoms with E-state index in [2.05, 4.69) is 15.5 Å². The van der Waals surface area contributed by atoms with Crippen LogP contribution in [0.2, 0.25) is 0 Å². The number of nitrogens with one attached hydrogen (secondary N) is 1. The molecule has 0 saturated heterocycles. The standard InChI is InChI=1S/C19H15N3O4S/c1-27-14-6-4-13(5-7-14)18-21-22-19(26-18)20-17(23)9-3-12-2-8-15-16(10-12)25-11-24-15/h2-10H,11H2,1H3,(H,20,22,23). The molecule has 1 aliphatic rings. The Morgan fingerprint density at radius 2 is 1.93 bits per heavy atom. The number of ether oxygens (including phenoxy) is 2. The minimum absolute atomic E-state index is 0.0410. The van der Waals surface area contributed by atoms with E-state index >= 15 is 0 Å². The van der Waals surface area contributed by atoms with Crippen LogP contribution in [-0.4, -0.2) is 29.2 Å². The normalized spacial score (nSPS) is 12.5. The molecule has 1 amide bonds. The van der Waals surface area contributed by atoms with Gasteiger partial charge in [-0.15, -0.1) is 16.9 Å². The van der Waals surface area contributed by atoms with Crippen LogP contribution in [0, 0.1) is 0 Å². The fourth-order valence-corrected chi connectivity index (χ4v) is 2.87. The lowest BCUT2D eigenvalue weighted by atomic mass is 10.2. The zero-order valence-corrected chi connectivity index (χ0v) is 15.2. The van der Waals surface area contributed by atoms with E-state index in [0.717, 1.165) is 16.0 Å². The van der Waals surface area contributed by atoms with Crippen LogP contribution in [0.4, 0.5) is 6.01 Å². The third-order valence-electron chi connectivity index (χ3n) is 3.82. The van der Waals surface area contributed by atoms with Crippen molar-refractivity contribution in [3.8, 4) is 23.0 Å². The predicted octanol–water partition coefficient (Wildman–Crippen LogP) is 3.84. The van der Waals surface area contributed by atoms with Crippen LogP contribution in [0.1, 0.15) is 5.56 Å². The second kappa shape index (κ2) is 7.55. The Balaban J connectivity index is 1.40. The van der Waals surface area contributed by atoms with Gasteiger partial charge in [0.25, 0.3) is 5.91 Å². The second-order valence-corrected chi connectivity index (χ2v) is 6.46. The first-order chi connectivity index (χ1) is 13.2. The molecule has 27 heavy (non-hydrogen) atoms. The molecule has 1 N–H and O–H groups in total. The van der Waals surface area contributed by atoms with E-state index in [-0.39, 0.29) is 18.7 Å². The fourth-order valence-electron chi connectivity index (χ4n) is 2.46. The number of rotatable bonds is 5. The molecule has 0 unspecified atom stereocenters. The number of anilines is 1. The monoisotopic (exact) mass is 381 g/mol. The van der Waals surface area contributed by atoms with Crippen LogP contribution in [0.3, 0.4) is 0 Å². The number of benzene rings is 2. The molecule has 0 aliphatic carbocycles. The molecule has 0 bridgehead atoms. The minimum Gasteiger partial charge on any atom is -0.454 e. The number of amides is 1. The van der Waals surface area contributed by atoms with Crippen LogP contribution < -0.4 is 14.8 Å². The highest BCUT2D eigenvalue weighted by molar-refractivity contribution is 7.98. The Morgan fingerprint density at radius 3 is 2.74 bits per heavy atom. The molecular weight excluding hydrogens is 366 g/mol. The first kappa shape index (κ1) is 17.2. The molecule has 2 aromatic carbocycles. The average Bonchev–Trinajstić information content (AvgIpc) is 3.35. The lowest BCUT2D eigenvalue weighted by Gasteiger charge is -1.98. The number of carbonyl (C=O) groups is 1. The summed E-state index contributed by atoms with van der Waals surface area (Å²) in [4.78, 5) is 13.2. The fraction of sp³-hybridized carbons (Fsp3) is 0.105. The van der Waals surface area contributed by atoms with Crippen LogP contribution in [-0.2, 0) is 4.79 Å². The van der Waals surface area contributed by atoms with E-state index < -0.39 is 0 Å². The van der Waals surface area contributed by atoms with Crippen molar-refractivity contribution in [2.24, 2.45) is 0 Å². The summed E-state index contributed by atoms with van der Waals surface area (Å²) in [6.07, 6.45) is 5.05. The van der Waals surface area contributed by atoms with E-state index in [4.69, 9.17) is 13.9 Å². The highest BCUT2D eigenvalue weighted by atomic mass is 32.2. The number of aromatic nitrogens is 2. The van der Waals surface area contributed by atoms with Gasteiger partial charge in [-0.3, -0.25) is 10.1 Å². The smallest absolute Gasteiger partial charge is 0.322 e. The van der Waals surface area contributed by atoms with E-state index in [1.807, 2.05) is 36.6 Å². The van der Waals surface area contributed by atoms with Crippen molar-refractivity contribution < 1.29 is 18.7 Å². The molecule has 2 heterocycles. The lowest BCUT2D eigenvalue weighted by Crippen LogP contribution is -2.07. The van der Waals surface area contributed by atoms with Crippen LogP contribution >= 0.6 is 11.8 Å². The number of nitrogens with zero attached hydrogens (tertiary/aromatic N) is 2. The summed E-state index contributed by atoms with van der Waals surface area (Å²) >= 11 is 1.65. The van der Waals surface area contributed by atoms with E-state index in [1.165, 1.54) is 6.08 Å². The molecule has 136 valence electrons. The maximum Gasteiger partial charge on any atom is 0.322 e. The molecule has 1 aliphatic heterocycles. The summed E-state index contributed by atoms with van der Waals surface area (Å²) < 4.78 is 16.1. The summed E-state index contributed by atoms with van der Waals surface area (Å²) in [6.45, 7) is 0.211. The predicted molar refractivity (Wildman–Crippen MR) is 102 cm³/mol. The number of carbonyl (C=O) groups excluding carboxylic acids is 1. The van der Waals surface area contributed by atoms with Gasteiger partial charge in [0.1, 0.15) is 0 Å². The van der Waals surface area contributed by atoms with E-state index in [9.17, 15) is 4.79 Å². The molecule has 0 atom stereocenters. The molecule has 4 rings (SSSR count). The zero-order chi connectivity index (χ0) is 18.6. The van der Waals surface area contributed by atoms with Crippen molar-refractivity contribution in [2.45, 2.75) is 4.90 Å². The van der Waals surface area contributed by atoms with Crippen molar-refractivity contribution in [2.75, 3.05) is 18.4 Å². The van der Waals surface area contributed by atoms with Crippen LogP contribution in [0.25, 0.3) is 17.5 Å². The summed E-state index contributed by atoms with van der Waals surface area (Å²) in [7, 11) is 0. The zero-order valence-electron chi connectivity index (χ0n) is 14.3. The van der Waals surface area contributed by atoms with Gasteiger partial charge in [-0.25, -0.2) is 0 Å². The van der Waals surface area contributed by atoms with Gasteiger partial charge in [0.2, 0.25) is 12.7 Å². The first-order valence-electron chi connectivity index (χ1n) is 8.08. The van der Waals surface area contributed by atoms with Crippen molar-refractivity contribution >= 4 is 29.8 Å². The van der Waals surface area contributed by atoms with Crippen LogP contribution in [0.15, 0.2) is 57.9 Å². The molecule has 0 radical (unpaired) electrons. The molecule has 1 aromatic heterocycles. The molecule has 7 nitrogen and oxygen atoms in total. The van der Waals surface area contributed by atoms with E-state index in [0.29, 0.717) is 17.4 Å². The first-order valence-corrected chi connectivity index (χ1v) is 9.30. The topological polar surface area (TPSA) is 86.5 Å². The maximum atomic E-state index is 12.1. The van der Waals surface area contributed by atoms with E-state index in [1.54, 1.807) is 30.0 Å². The lowest BCUT2D eigenvalue weighted by molar-refractivity contribution is -0.112. The average molecular weight is 381 g/mol. The Kier molecular flexibility index (Phi) is 4.80. The summed E-state index contributed by atoms with van der Waals surface area (Å²) in [5.74, 6) is 1.32. The van der Waals surface area contributed by atoms with Gasteiger partial charge in [-0.05, 0) is 54.3 Å². The third kappa shape index (κ3) is 3.95. The molecule has 8 heteroatoms. The third-order valence-corrected chi connectivity index (χ3v) is 4.56. The number of fused-ring (bicyclic) bond motifs is 1. The van der Waals surface area contributed by atoms with Gasteiger partial charge < -0.3 is 13.9 Å². The van der Waals surface area contributed by atoms with Crippen molar-refractivity contribution in [1.29, 1.82) is 0 Å². The Labute approximate surface area is 159 Å². The van der Waals surface area contributed by atoms with Gasteiger partial charge in [-0.1, -0.05) is 11.2 Å². The molecule has 0 fully saturated rings. The number of thioether (sulfide) groups is 1. The Morgan fingerprint density at radius 1 is 1.11 bits per heavy atom. The minimum atomic E-state index is -0.374. The highest BCUT2D eigenvalue weighted by Crippen LogP contribution is 2.32. The Bertz CT molecular complexity index is 998. The molecular formula is C19H15N3O4S. The summed E-state index contributed by atoms with van der Waals surface area (Å²) in [5.41, 5.74) is 1.60. The highest BCUT2D eigenvalue weighted by Gasteiger charge is 2.13. The quantitative estimate of drug-likeness (QED) is 0.531. The number of hydrogen-bond donors (Lipinski definition) is 1. The van der Waals surface area contributed by atoms with Crippen molar-refractivity contribution in [3.05, 3.63) is 54.1 Å². The molecule has 0 saturated carbocycles. The Hall–Kier alpha value is -3.26. The second-order valence-electron chi connectivity index (χ2n) is 5.58. The summed E-state index contributed by atoms with van der Waals surface area (Å²) in [6, 6.07) is 13.2. The van der Waals surface area contributed by atoms with Gasteiger partial charge in [0, 0.05) is 16.5 Å². The van der Waals surface area contributed by atoms with Gasteiger partial charge in [0.15, 0.2) is 11.5 Å². The SMILES string of the molecule is CSc1ccc(-c2nnc(NC(=O)C=Cc3ccc4c(c3)OCO4)o2)cc1. The van der Waals surface area contributed by atoms with Crippen molar-refractivity contribution in [1.82, 2.24) is 10.2 Å². The molecule has 3 aromatic rings. The van der Waals surface area contributed by atoms with Crippen LogP contribution in [0.5, 0.6) is 11.5 Å². The number of hydrogen-bond acceptors (Lipinski definition) is 7. The molecule has 0 spiro atoms. The van der Waals surface area contributed by atoms with Crippen molar-refractivity contribution in [3.63, 3.8) is 0 Å². The van der Waals surface area contributed by atoms with Gasteiger partial charge >= 0.3 is 6.01 Å². The maximum absolute atomic E-state index is 12.1. The summed E-state index contributed by atoms with van der Waals surface area (Å²) in [5, 5.41) is 10.4. The van der Waals surface area contributed by atoms with Gasteiger partial charge in [0.05, 0.1) is 0 Å². The largest absolute Gasteiger partial charge is 0.454 e. The van der Waals surface area contributed by atoms with Gasteiger partial charge in [-0.2, -0.15) is 0 Å².